The molecule has 10 nitrogen and oxygen atoms in total. The van der Waals surface area contributed by atoms with Gasteiger partial charge in [0.1, 0.15) is 11.8 Å². The number of nitro groups is 1. The number of non-ortho nitro benzene ring substituents is 1. The van der Waals surface area contributed by atoms with Gasteiger partial charge >= 0.3 is 5.97 Å². The predicted octanol–water partition coefficient (Wildman–Crippen LogP) is 1.52. The number of hydrazine groups is 1. The number of nitrogens with zero attached hydrogens (tertiary/aromatic N) is 2. The van der Waals surface area contributed by atoms with E-state index in [4.69, 9.17) is 4.74 Å². The smallest absolute Gasteiger partial charge is 0.343 e. The molecule has 0 aromatic heterocycles. The molecule has 3 rings (SSSR count). The molecule has 10 heteroatoms. The van der Waals surface area contributed by atoms with Crippen molar-refractivity contribution in [1.82, 2.24) is 16.3 Å². The third-order valence-corrected chi connectivity index (χ3v) is 4.20. The van der Waals surface area contributed by atoms with Gasteiger partial charge in [-0.15, -0.1) is 0 Å². The van der Waals surface area contributed by atoms with Gasteiger partial charge in [-0.1, -0.05) is 0 Å². The maximum Gasteiger partial charge on any atom is 0.343 e. The van der Waals surface area contributed by atoms with Gasteiger partial charge in [-0.3, -0.25) is 20.3 Å². The minimum Gasteiger partial charge on any atom is -0.423 e. The number of esters is 1. The number of nitrogens with one attached hydrogen (secondary N) is 3. The lowest BCUT2D eigenvalue weighted by molar-refractivity contribution is -0.384. The Morgan fingerprint density at radius 1 is 1.17 bits per heavy atom. The molecule has 0 saturated carbocycles. The third-order valence-electron chi connectivity index (χ3n) is 4.20. The molecule has 2 atom stereocenters. The van der Waals surface area contributed by atoms with E-state index >= 15 is 0 Å². The number of carbonyl (C=O) groups excluding carboxylic acids is 2. The summed E-state index contributed by atoms with van der Waals surface area (Å²) >= 11 is 0. The largest absolute Gasteiger partial charge is 0.423 e. The van der Waals surface area contributed by atoms with Gasteiger partial charge in [0, 0.05) is 18.2 Å². The van der Waals surface area contributed by atoms with E-state index in [1.54, 1.807) is 24.3 Å². The molecule has 0 bridgehead atoms. The fourth-order valence-corrected chi connectivity index (χ4v) is 2.64. The summed E-state index contributed by atoms with van der Waals surface area (Å²) < 4.78 is 5.24. The Labute approximate surface area is 166 Å². The van der Waals surface area contributed by atoms with Gasteiger partial charge in [-0.05, 0) is 55.3 Å². The first-order valence-corrected chi connectivity index (χ1v) is 8.83. The van der Waals surface area contributed by atoms with Crippen LogP contribution in [-0.2, 0) is 4.79 Å². The number of amides is 1. The van der Waals surface area contributed by atoms with Crippen LogP contribution in [0.2, 0.25) is 0 Å². The van der Waals surface area contributed by atoms with Crippen LogP contribution in [0.5, 0.6) is 5.75 Å². The summed E-state index contributed by atoms with van der Waals surface area (Å²) in [7, 11) is 0. The Balaban J connectivity index is 1.52. The fourth-order valence-electron chi connectivity index (χ4n) is 2.64. The van der Waals surface area contributed by atoms with Gasteiger partial charge < -0.3 is 4.74 Å². The SMILES string of the molecule is CC1CC(C(=O)N/N=C/c2ccc(OC(=O)c3ccc([N+](=O)[O-])cc3)cc2)NN1. The second-order valence-electron chi connectivity index (χ2n) is 6.47. The van der Waals surface area contributed by atoms with E-state index in [2.05, 4.69) is 21.4 Å². The average molecular weight is 397 g/mol. The second-order valence-corrected chi connectivity index (χ2v) is 6.47. The maximum atomic E-state index is 12.1. The molecule has 1 saturated heterocycles. The highest BCUT2D eigenvalue weighted by molar-refractivity contribution is 5.91. The van der Waals surface area contributed by atoms with Crippen LogP contribution in [0.3, 0.4) is 0 Å². The highest BCUT2D eigenvalue weighted by atomic mass is 16.6. The molecule has 1 heterocycles. The number of rotatable bonds is 6. The van der Waals surface area contributed by atoms with Crippen LogP contribution in [0.15, 0.2) is 53.6 Å². The van der Waals surface area contributed by atoms with Crippen LogP contribution in [-0.4, -0.2) is 35.1 Å². The zero-order valence-corrected chi connectivity index (χ0v) is 15.5. The summed E-state index contributed by atoms with van der Waals surface area (Å²) in [5.74, 6) is -0.544. The lowest BCUT2D eigenvalue weighted by Crippen LogP contribution is -2.41. The normalized spacial score (nSPS) is 18.5. The molecule has 1 amide bonds. The summed E-state index contributed by atoms with van der Waals surface area (Å²) in [6, 6.07) is 11.5. The molecular formula is C19H19N5O5. The van der Waals surface area contributed by atoms with Crippen molar-refractivity contribution in [2.45, 2.75) is 25.4 Å². The van der Waals surface area contributed by atoms with E-state index in [-0.39, 0.29) is 29.2 Å². The molecule has 150 valence electrons. The molecule has 0 radical (unpaired) electrons. The number of ether oxygens (including phenoxy) is 1. The average Bonchev–Trinajstić information content (AvgIpc) is 3.15. The van der Waals surface area contributed by atoms with Crippen molar-refractivity contribution in [2.75, 3.05) is 0 Å². The Bertz CT molecular complexity index is 927. The lowest BCUT2D eigenvalue weighted by Gasteiger charge is -2.06. The van der Waals surface area contributed by atoms with Gasteiger partial charge in [-0.25, -0.2) is 15.6 Å². The zero-order valence-electron chi connectivity index (χ0n) is 15.5. The molecule has 29 heavy (non-hydrogen) atoms. The minimum absolute atomic E-state index is 0.105. The van der Waals surface area contributed by atoms with Crippen molar-refractivity contribution in [3.63, 3.8) is 0 Å². The predicted molar refractivity (Wildman–Crippen MR) is 104 cm³/mol. The topological polar surface area (TPSA) is 135 Å². The number of hydrazone groups is 1. The summed E-state index contributed by atoms with van der Waals surface area (Å²) in [5, 5.41) is 14.6. The Kier molecular flexibility index (Phi) is 6.27. The molecule has 1 aliphatic heterocycles. The molecule has 2 aromatic rings. The standard InChI is InChI=1S/C19H19N5O5/c1-12-10-17(22-21-12)18(25)23-20-11-13-2-8-16(9-3-13)29-19(26)14-4-6-15(7-5-14)24(27)28/h2-9,11-12,17,21-22H,10H2,1H3,(H,23,25)/b20-11+. The third kappa shape index (κ3) is 5.43. The molecule has 0 aliphatic carbocycles. The van der Waals surface area contributed by atoms with Gasteiger partial charge in [0.15, 0.2) is 0 Å². The molecule has 3 N–H and O–H groups in total. The quantitative estimate of drug-likeness (QED) is 0.221. The van der Waals surface area contributed by atoms with Gasteiger partial charge in [0.2, 0.25) is 0 Å². The first-order valence-electron chi connectivity index (χ1n) is 8.83. The van der Waals surface area contributed by atoms with Crippen LogP contribution in [0.1, 0.15) is 29.3 Å². The van der Waals surface area contributed by atoms with E-state index in [0.29, 0.717) is 17.7 Å². The summed E-state index contributed by atoms with van der Waals surface area (Å²) in [4.78, 5) is 34.1. The van der Waals surface area contributed by atoms with Crippen molar-refractivity contribution in [1.29, 1.82) is 0 Å². The van der Waals surface area contributed by atoms with Crippen LogP contribution in [0.25, 0.3) is 0 Å². The molecule has 0 spiro atoms. The lowest BCUT2D eigenvalue weighted by atomic mass is 10.1. The van der Waals surface area contributed by atoms with Gasteiger partial charge in [0.05, 0.1) is 16.7 Å². The van der Waals surface area contributed by atoms with Crippen molar-refractivity contribution in [2.24, 2.45) is 5.10 Å². The van der Waals surface area contributed by atoms with Crippen LogP contribution in [0, 0.1) is 10.1 Å². The highest BCUT2D eigenvalue weighted by Crippen LogP contribution is 2.16. The van der Waals surface area contributed by atoms with Crippen LogP contribution < -0.4 is 21.0 Å². The Morgan fingerprint density at radius 3 is 2.45 bits per heavy atom. The molecule has 2 aromatic carbocycles. The van der Waals surface area contributed by atoms with E-state index in [9.17, 15) is 19.7 Å². The van der Waals surface area contributed by atoms with E-state index in [1.807, 2.05) is 6.92 Å². The first-order chi connectivity index (χ1) is 13.9. The maximum absolute atomic E-state index is 12.1. The minimum atomic E-state index is -0.625. The summed E-state index contributed by atoms with van der Waals surface area (Å²) in [5.41, 5.74) is 9.12. The Morgan fingerprint density at radius 2 is 1.86 bits per heavy atom. The van der Waals surface area contributed by atoms with Gasteiger partial charge in [-0.2, -0.15) is 5.10 Å². The second kappa shape index (κ2) is 9.04. The zero-order chi connectivity index (χ0) is 20.8. The monoisotopic (exact) mass is 397 g/mol. The van der Waals surface area contributed by atoms with E-state index in [1.165, 1.54) is 30.5 Å². The number of hydrogen-bond donors (Lipinski definition) is 3. The summed E-state index contributed by atoms with van der Waals surface area (Å²) in [6.45, 7) is 1.97. The van der Waals surface area contributed by atoms with Gasteiger partial charge in [0.25, 0.3) is 11.6 Å². The number of benzene rings is 2. The number of hydrogen-bond acceptors (Lipinski definition) is 8. The van der Waals surface area contributed by atoms with Crippen molar-refractivity contribution < 1.29 is 19.2 Å². The fraction of sp³-hybridized carbons (Fsp3) is 0.211. The molecular weight excluding hydrogens is 378 g/mol. The first kappa shape index (κ1) is 20.1. The van der Waals surface area contributed by atoms with Crippen molar-refractivity contribution >= 4 is 23.8 Å². The molecule has 1 fully saturated rings. The van der Waals surface area contributed by atoms with Crippen LogP contribution in [0.4, 0.5) is 5.69 Å². The van der Waals surface area contributed by atoms with Crippen molar-refractivity contribution in [3.8, 4) is 5.75 Å². The van der Waals surface area contributed by atoms with E-state index < -0.39 is 10.9 Å². The van der Waals surface area contributed by atoms with Crippen LogP contribution >= 0.6 is 0 Å². The summed E-state index contributed by atoms with van der Waals surface area (Å²) in [6.07, 6.45) is 2.15. The number of nitro benzene ring substituents is 1. The molecule has 1 aliphatic rings. The molecule has 2 unspecified atom stereocenters. The van der Waals surface area contributed by atoms with E-state index in [0.717, 1.165) is 0 Å². The Hall–Kier alpha value is -3.63. The number of carbonyl (C=O) groups is 2. The highest BCUT2D eigenvalue weighted by Gasteiger charge is 2.26. The van der Waals surface area contributed by atoms with Crippen molar-refractivity contribution in [3.05, 3.63) is 69.8 Å².